The van der Waals surface area contributed by atoms with Gasteiger partial charge in [0.2, 0.25) is 0 Å². The molecule has 37 heavy (non-hydrogen) atoms. The minimum atomic E-state index is -0.453. The average Bonchev–Trinajstić information content (AvgIpc) is 3.22. The van der Waals surface area contributed by atoms with Crippen LogP contribution in [0.4, 0.5) is 15.8 Å². The van der Waals surface area contributed by atoms with Gasteiger partial charge in [-0.15, -0.1) is 0 Å². The van der Waals surface area contributed by atoms with Gasteiger partial charge in [-0.1, -0.05) is 30.7 Å². The van der Waals surface area contributed by atoms with Gasteiger partial charge in [-0.25, -0.2) is 4.39 Å². The minimum absolute atomic E-state index is 0.0391. The largest absolute Gasteiger partial charge is 0.322 e. The fourth-order valence-electron chi connectivity index (χ4n) is 6.37. The number of nitrogens with zero attached hydrogens (tertiary/aromatic N) is 2. The van der Waals surface area contributed by atoms with E-state index < -0.39 is 5.82 Å². The number of carbonyl (C=O) groups is 2. The van der Waals surface area contributed by atoms with Crippen LogP contribution in [0.25, 0.3) is 0 Å². The molecule has 3 aromatic carbocycles. The molecule has 1 spiro atoms. The predicted octanol–water partition coefficient (Wildman–Crippen LogP) is 6.08. The number of nitrogens with one attached hydrogen (secondary N) is 1. The highest BCUT2D eigenvalue weighted by atomic mass is 19.1. The Hall–Kier alpha value is -3.51. The van der Waals surface area contributed by atoms with Gasteiger partial charge in [0.15, 0.2) is 0 Å². The molecule has 6 heteroatoms. The highest BCUT2D eigenvalue weighted by Crippen LogP contribution is 2.49. The summed E-state index contributed by atoms with van der Waals surface area (Å²) >= 11 is 0. The van der Waals surface area contributed by atoms with Gasteiger partial charge in [-0.05, 0) is 106 Å². The number of hydrogen-bond acceptors (Lipinski definition) is 3. The van der Waals surface area contributed by atoms with Crippen LogP contribution in [-0.2, 0) is 6.42 Å². The third-order valence-electron chi connectivity index (χ3n) is 8.22. The topological polar surface area (TPSA) is 52.7 Å². The molecular weight excluding hydrogens is 465 g/mol. The first-order valence-electron chi connectivity index (χ1n) is 13.0. The first kappa shape index (κ1) is 25.2. The number of amides is 2. The van der Waals surface area contributed by atoms with Gasteiger partial charge in [0.25, 0.3) is 11.8 Å². The molecule has 2 atom stereocenters. The fourth-order valence-corrected chi connectivity index (χ4v) is 6.37. The summed E-state index contributed by atoms with van der Waals surface area (Å²) in [5, 5.41) is 2.81. The zero-order chi connectivity index (χ0) is 26.2. The number of carbonyl (C=O) groups excluding carboxylic acids is 2. The first-order valence-corrected chi connectivity index (χ1v) is 13.0. The average molecular weight is 500 g/mol. The molecule has 5 rings (SSSR count). The number of rotatable bonds is 4. The summed E-state index contributed by atoms with van der Waals surface area (Å²) in [6.45, 7) is 2.45. The molecule has 1 fully saturated rings. The van der Waals surface area contributed by atoms with E-state index in [0.29, 0.717) is 29.4 Å². The molecular formula is C31H34FN3O2. The van der Waals surface area contributed by atoms with Crippen LogP contribution in [0.1, 0.15) is 57.5 Å². The third kappa shape index (κ3) is 4.90. The Balaban J connectivity index is 1.36. The van der Waals surface area contributed by atoms with Crippen molar-refractivity contribution < 1.29 is 14.0 Å². The van der Waals surface area contributed by atoms with E-state index in [2.05, 4.69) is 42.5 Å². The van der Waals surface area contributed by atoms with Crippen LogP contribution in [-0.4, -0.2) is 43.4 Å². The molecule has 2 amide bonds. The summed E-state index contributed by atoms with van der Waals surface area (Å²) in [7, 11) is 4.35. The number of fused-ring (bicyclic) bond motifs is 1. The van der Waals surface area contributed by atoms with Crippen LogP contribution in [0, 0.1) is 18.2 Å². The molecule has 1 aliphatic carbocycles. The minimum Gasteiger partial charge on any atom is -0.322 e. The summed E-state index contributed by atoms with van der Waals surface area (Å²) in [6.07, 6.45) is 5.57. The van der Waals surface area contributed by atoms with Gasteiger partial charge in [0.1, 0.15) is 5.82 Å². The standard InChI is InChI=1S/C31H34FN3O2/c1-21-10-13-24(32)19-26(21)29(36)33-25-14-11-22(12-15-25)30(37)35-18-17-31(16-6-9-28(31)34(2)3)20-23-7-4-5-8-27(23)35/h4-5,7-8,10-15,19,28H,6,9,16-18,20H2,1-3H3,(H,33,36). The zero-order valence-electron chi connectivity index (χ0n) is 21.8. The molecule has 0 radical (unpaired) electrons. The summed E-state index contributed by atoms with van der Waals surface area (Å²) in [6, 6.07) is 19.9. The summed E-state index contributed by atoms with van der Waals surface area (Å²) in [5.74, 6) is -0.872. The van der Waals surface area contributed by atoms with Crippen molar-refractivity contribution in [3.8, 4) is 0 Å². The van der Waals surface area contributed by atoms with Gasteiger partial charge >= 0.3 is 0 Å². The zero-order valence-corrected chi connectivity index (χ0v) is 21.8. The van der Waals surface area contributed by atoms with Crippen molar-refractivity contribution in [2.75, 3.05) is 30.9 Å². The van der Waals surface area contributed by atoms with Crippen LogP contribution < -0.4 is 10.2 Å². The van der Waals surface area contributed by atoms with Gasteiger partial charge in [0, 0.05) is 35.1 Å². The second kappa shape index (κ2) is 10.1. The molecule has 2 unspecified atom stereocenters. The normalized spacial score (nSPS) is 21.1. The Kier molecular flexibility index (Phi) is 6.86. The highest BCUT2D eigenvalue weighted by molar-refractivity contribution is 6.08. The maximum atomic E-state index is 13.8. The number of benzene rings is 3. The van der Waals surface area contributed by atoms with Gasteiger partial charge in [-0.3, -0.25) is 9.59 Å². The molecule has 192 valence electrons. The Morgan fingerprint density at radius 2 is 1.78 bits per heavy atom. The van der Waals surface area contributed by atoms with Crippen molar-refractivity contribution in [2.24, 2.45) is 5.41 Å². The first-order chi connectivity index (χ1) is 17.8. The van der Waals surface area contributed by atoms with E-state index in [0.717, 1.165) is 18.5 Å². The molecule has 2 aliphatic rings. The van der Waals surface area contributed by atoms with Crippen LogP contribution in [0.15, 0.2) is 66.7 Å². The summed E-state index contributed by atoms with van der Waals surface area (Å²) in [5.41, 5.74) is 4.52. The third-order valence-corrected chi connectivity index (χ3v) is 8.22. The fraction of sp³-hybridized carbons (Fsp3) is 0.355. The van der Waals surface area contributed by atoms with E-state index in [1.165, 1.54) is 37.0 Å². The Labute approximate surface area is 218 Å². The number of anilines is 2. The molecule has 1 saturated carbocycles. The SMILES string of the molecule is Cc1ccc(F)cc1C(=O)Nc1ccc(C(=O)N2CCC3(CCCC3N(C)C)Cc3ccccc32)cc1. The number of halogens is 1. The lowest BCUT2D eigenvalue weighted by Crippen LogP contribution is -2.43. The Bertz CT molecular complexity index is 1320. The number of hydrogen-bond donors (Lipinski definition) is 1. The molecule has 3 aromatic rings. The number of aryl methyl sites for hydroxylation is 1. The molecule has 0 saturated heterocycles. The van der Waals surface area contributed by atoms with E-state index in [1.54, 1.807) is 37.3 Å². The van der Waals surface area contributed by atoms with Gasteiger partial charge < -0.3 is 15.1 Å². The molecule has 0 aromatic heterocycles. The van der Waals surface area contributed by atoms with E-state index >= 15 is 0 Å². The maximum absolute atomic E-state index is 13.8. The van der Waals surface area contributed by atoms with E-state index in [1.807, 2.05) is 11.0 Å². The van der Waals surface area contributed by atoms with E-state index in [9.17, 15) is 14.0 Å². The smallest absolute Gasteiger partial charge is 0.258 e. The molecule has 1 N–H and O–H groups in total. The lowest BCUT2D eigenvalue weighted by molar-refractivity contribution is 0.0972. The van der Waals surface area contributed by atoms with Crippen LogP contribution in [0.2, 0.25) is 0 Å². The van der Waals surface area contributed by atoms with Crippen molar-refractivity contribution >= 4 is 23.2 Å². The summed E-state index contributed by atoms with van der Waals surface area (Å²) < 4.78 is 13.6. The monoisotopic (exact) mass is 499 g/mol. The lowest BCUT2D eigenvalue weighted by atomic mass is 9.74. The van der Waals surface area contributed by atoms with Crippen molar-refractivity contribution in [2.45, 2.75) is 45.1 Å². The molecule has 1 aliphatic heterocycles. The van der Waals surface area contributed by atoms with Crippen molar-refractivity contribution in [3.05, 3.63) is 94.8 Å². The molecule has 0 bridgehead atoms. The Morgan fingerprint density at radius 3 is 2.54 bits per heavy atom. The van der Waals surface area contributed by atoms with E-state index in [-0.39, 0.29) is 22.8 Å². The second-order valence-corrected chi connectivity index (χ2v) is 10.7. The van der Waals surface area contributed by atoms with Crippen molar-refractivity contribution in [1.29, 1.82) is 0 Å². The molecule has 1 heterocycles. The Morgan fingerprint density at radius 1 is 1.03 bits per heavy atom. The predicted molar refractivity (Wildman–Crippen MR) is 146 cm³/mol. The second-order valence-electron chi connectivity index (χ2n) is 10.7. The van der Waals surface area contributed by atoms with Crippen molar-refractivity contribution in [1.82, 2.24) is 4.90 Å². The van der Waals surface area contributed by atoms with Gasteiger partial charge in [-0.2, -0.15) is 0 Å². The van der Waals surface area contributed by atoms with Crippen LogP contribution >= 0.6 is 0 Å². The molecule has 5 nitrogen and oxygen atoms in total. The van der Waals surface area contributed by atoms with Crippen LogP contribution in [0.5, 0.6) is 0 Å². The van der Waals surface area contributed by atoms with Crippen LogP contribution in [0.3, 0.4) is 0 Å². The van der Waals surface area contributed by atoms with Gasteiger partial charge in [0.05, 0.1) is 0 Å². The highest BCUT2D eigenvalue weighted by Gasteiger charge is 2.46. The van der Waals surface area contributed by atoms with Crippen molar-refractivity contribution in [3.63, 3.8) is 0 Å². The summed E-state index contributed by atoms with van der Waals surface area (Å²) in [4.78, 5) is 30.7. The number of para-hydroxylation sites is 1. The quantitative estimate of drug-likeness (QED) is 0.473. The maximum Gasteiger partial charge on any atom is 0.258 e. The van der Waals surface area contributed by atoms with E-state index in [4.69, 9.17) is 0 Å². The lowest BCUT2D eigenvalue weighted by Gasteiger charge is -2.39.